The van der Waals surface area contributed by atoms with Gasteiger partial charge in [0.2, 0.25) is 0 Å². The quantitative estimate of drug-likeness (QED) is 0.599. The first kappa shape index (κ1) is 9.73. The van der Waals surface area contributed by atoms with Gasteiger partial charge in [0.25, 0.3) is 0 Å². The van der Waals surface area contributed by atoms with Crippen molar-refractivity contribution in [3.8, 4) is 0 Å². The van der Waals surface area contributed by atoms with Crippen LogP contribution in [0.5, 0.6) is 0 Å². The van der Waals surface area contributed by atoms with E-state index in [1.54, 1.807) is 4.90 Å². The fourth-order valence-corrected chi connectivity index (χ4v) is 1.88. The first-order valence-electron chi connectivity index (χ1n) is 4.99. The standard InChI is InChI=1S/C9H17N3O2/c1-9(10)5-12(6-9)8(13)11-7-2-3-14-4-7/h7H,2-6,10H2,1H3,(H,11,13). The number of amides is 2. The van der Waals surface area contributed by atoms with Gasteiger partial charge in [-0.3, -0.25) is 0 Å². The molecule has 5 heteroatoms. The van der Waals surface area contributed by atoms with Crippen molar-refractivity contribution in [2.45, 2.75) is 24.9 Å². The van der Waals surface area contributed by atoms with Gasteiger partial charge in [0.05, 0.1) is 12.6 Å². The van der Waals surface area contributed by atoms with Crippen molar-refractivity contribution in [1.82, 2.24) is 10.2 Å². The van der Waals surface area contributed by atoms with E-state index in [0.29, 0.717) is 19.7 Å². The Morgan fingerprint density at radius 1 is 1.64 bits per heavy atom. The Bertz CT molecular complexity index is 228. The Kier molecular flexibility index (Phi) is 2.36. The molecule has 3 N–H and O–H groups in total. The fraction of sp³-hybridized carbons (Fsp3) is 0.889. The molecule has 0 aliphatic carbocycles. The van der Waals surface area contributed by atoms with E-state index in [1.165, 1.54) is 0 Å². The van der Waals surface area contributed by atoms with Crippen molar-refractivity contribution < 1.29 is 9.53 Å². The average Bonchev–Trinajstić information content (AvgIpc) is 2.52. The highest BCUT2D eigenvalue weighted by Gasteiger charge is 2.38. The van der Waals surface area contributed by atoms with E-state index in [9.17, 15) is 4.79 Å². The van der Waals surface area contributed by atoms with E-state index in [4.69, 9.17) is 10.5 Å². The molecule has 0 radical (unpaired) electrons. The van der Waals surface area contributed by atoms with E-state index >= 15 is 0 Å². The van der Waals surface area contributed by atoms with Gasteiger partial charge in [0.15, 0.2) is 0 Å². The topological polar surface area (TPSA) is 67.6 Å². The van der Waals surface area contributed by atoms with Gasteiger partial charge in [0, 0.05) is 25.2 Å². The van der Waals surface area contributed by atoms with Crippen LogP contribution in [0.2, 0.25) is 0 Å². The van der Waals surface area contributed by atoms with Gasteiger partial charge >= 0.3 is 6.03 Å². The van der Waals surface area contributed by atoms with Crippen LogP contribution in [0, 0.1) is 0 Å². The van der Waals surface area contributed by atoms with Crippen molar-refractivity contribution in [3.63, 3.8) is 0 Å². The third kappa shape index (κ3) is 1.99. The highest BCUT2D eigenvalue weighted by Crippen LogP contribution is 2.17. The number of carbonyl (C=O) groups excluding carboxylic acids is 1. The minimum absolute atomic E-state index is 0.0107. The molecule has 2 saturated heterocycles. The SMILES string of the molecule is CC1(N)CN(C(=O)NC2CCOC2)C1. The molecule has 1 unspecified atom stereocenters. The number of urea groups is 1. The Morgan fingerprint density at radius 2 is 2.36 bits per heavy atom. The average molecular weight is 199 g/mol. The Morgan fingerprint density at radius 3 is 2.86 bits per heavy atom. The molecule has 1 atom stereocenters. The molecule has 0 aromatic heterocycles. The van der Waals surface area contributed by atoms with Crippen LogP contribution >= 0.6 is 0 Å². The molecule has 2 aliphatic rings. The molecule has 0 aromatic rings. The van der Waals surface area contributed by atoms with E-state index < -0.39 is 0 Å². The normalized spacial score (nSPS) is 29.9. The summed E-state index contributed by atoms with van der Waals surface area (Å²) in [6.45, 7) is 4.63. The highest BCUT2D eigenvalue weighted by atomic mass is 16.5. The molecule has 14 heavy (non-hydrogen) atoms. The molecule has 2 heterocycles. The van der Waals surface area contributed by atoms with Crippen LogP contribution in [0.1, 0.15) is 13.3 Å². The number of ether oxygens (including phenoxy) is 1. The summed E-state index contributed by atoms with van der Waals surface area (Å²) in [7, 11) is 0. The van der Waals surface area contributed by atoms with Crippen molar-refractivity contribution in [1.29, 1.82) is 0 Å². The predicted octanol–water partition coefficient (Wildman–Crippen LogP) is -0.482. The van der Waals surface area contributed by atoms with Crippen LogP contribution in [0.25, 0.3) is 0 Å². The van der Waals surface area contributed by atoms with Crippen LogP contribution in [-0.2, 0) is 4.74 Å². The van der Waals surface area contributed by atoms with Crippen LogP contribution in [0.3, 0.4) is 0 Å². The summed E-state index contributed by atoms with van der Waals surface area (Å²) in [4.78, 5) is 13.3. The van der Waals surface area contributed by atoms with Crippen molar-refractivity contribution in [3.05, 3.63) is 0 Å². The highest BCUT2D eigenvalue weighted by molar-refractivity contribution is 5.75. The molecule has 0 spiro atoms. The summed E-state index contributed by atoms with van der Waals surface area (Å²) in [5, 5.41) is 2.92. The molecule has 80 valence electrons. The number of nitrogens with two attached hydrogens (primary N) is 1. The van der Waals surface area contributed by atoms with Crippen LogP contribution in [-0.4, -0.2) is 48.8 Å². The Labute approximate surface area is 83.6 Å². The lowest BCUT2D eigenvalue weighted by Crippen LogP contribution is -2.68. The number of hydrogen-bond acceptors (Lipinski definition) is 3. The molecule has 2 amide bonds. The van der Waals surface area contributed by atoms with Gasteiger partial charge in [-0.15, -0.1) is 0 Å². The second-order valence-electron chi connectivity index (χ2n) is 4.52. The van der Waals surface area contributed by atoms with Gasteiger partial charge < -0.3 is 20.7 Å². The molecule has 2 aliphatic heterocycles. The Balaban J connectivity index is 1.74. The van der Waals surface area contributed by atoms with Crippen LogP contribution in [0.15, 0.2) is 0 Å². The maximum atomic E-state index is 11.6. The number of hydrogen-bond donors (Lipinski definition) is 2. The summed E-state index contributed by atoms with van der Waals surface area (Å²) < 4.78 is 5.17. The molecular weight excluding hydrogens is 182 g/mol. The lowest BCUT2D eigenvalue weighted by Gasteiger charge is -2.45. The number of nitrogens with zero attached hydrogens (tertiary/aromatic N) is 1. The lowest BCUT2D eigenvalue weighted by molar-refractivity contribution is 0.104. The molecular formula is C9H17N3O2. The van der Waals surface area contributed by atoms with E-state index in [2.05, 4.69) is 5.32 Å². The number of carbonyl (C=O) groups is 1. The number of rotatable bonds is 1. The van der Waals surface area contributed by atoms with E-state index in [1.807, 2.05) is 6.92 Å². The van der Waals surface area contributed by atoms with Crippen molar-refractivity contribution in [2.75, 3.05) is 26.3 Å². The molecule has 0 bridgehead atoms. The van der Waals surface area contributed by atoms with Gasteiger partial charge in [-0.2, -0.15) is 0 Å². The fourth-order valence-electron chi connectivity index (χ4n) is 1.88. The zero-order valence-corrected chi connectivity index (χ0v) is 8.45. The van der Waals surface area contributed by atoms with Crippen LogP contribution in [0.4, 0.5) is 4.79 Å². The molecule has 5 nitrogen and oxygen atoms in total. The first-order chi connectivity index (χ1) is 6.57. The number of nitrogens with one attached hydrogen (secondary N) is 1. The summed E-state index contributed by atoms with van der Waals surface area (Å²) in [6.07, 6.45) is 0.916. The summed E-state index contributed by atoms with van der Waals surface area (Å²) in [5.41, 5.74) is 5.62. The molecule has 0 saturated carbocycles. The smallest absolute Gasteiger partial charge is 0.317 e. The monoisotopic (exact) mass is 199 g/mol. The molecule has 2 fully saturated rings. The van der Waals surface area contributed by atoms with Crippen LogP contribution < -0.4 is 11.1 Å². The van der Waals surface area contributed by atoms with E-state index in [0.717, 1.165) is 13.0 Å². The number of likely N-dealkylation sites (tertiary alicyclic amines) is 1. The largest absolute Gasteiger partial charge is 0.379 e. The van der Waals surface area contributed by atoms with Gasteiger partial charge in [-0.1, -0.05) is 0 Å². The lowest BCUT2D eigenvalue weighted by atomic mass is 9.94. The molecule has 2 rings (SSSR count). The molecule has 0 aromatic carbocycles. The predicted molar refractivity (Wildman–Crippen MR) is 51.9 cm³/mol. The van der Waals surface area contributed by atoms with Gasteiger partial charge in [-0.05, 0) is 13.3 Å². The maximum Gasteiger partial charge on any atom is 0.317 e. The zero-order valence-electron chi connectivity index (χ0n) is 8.45. The minimum Gasteiger partial charge on any atom is -0.379 e. The van der Waals surface area contributed by atoms with Crippen molar-refractivity contribution >= 4 is 6.03 Å². The second kappa shape index (κ2) is 3.40. The van der Waals surface area contributed by atoms with E-state index in [-0.39, 0.29) is 17.6 Å². The summed E-state index contributed by atoms with van der Waals surface area (Å²) in [6, 6.07) is 0.176. The van der Waals surface area contributed by atoms with Gasteiger partial charge in [0.1, 0.15) is 0 Å². The Hall–Kier alpha value is -0.810. The minimum atomic E-state index is -0.191. The van der Waals surface area contributed by atoms with Gasteiger partial charge in [-0.25, -0.2) is 4.79 Å². The third-order valence-corrected chi connectivity index (χ3v) is 2.65. The van der Waals surface area contributed by atoms with Crippen molar-refractivity contribution in [2.24, 2.45) is 5.73 Å². The summed E-state index contributed by atoms with van der Waals surface area (Å²) >= 11 is 0. The zero-order chi connectivity index (χ0) is 10.2. The second-order valence-corrected chi connectivity index (χ2v) is 4.52. The summed E-state index contributed by atoms with van der Waals surface area (Å²) in [5.74, 6) is 0. The maximum absolute atomic E-state index is 11.6. The third-order valence-electron chi connectivity index (χ3n) is 2.65. The first-order valence-corrected chi connectivity index (χ1v) is 4.99.